The van der Waals surface area contributed by atoms with Gasteiger partial charge in [-0.3, -0.25) is 0 Å². The second-order valence-corrected chi connectivity index (χ2v) is 5.59. The van der Waals surface area contributed by atoms with E-state index >= 15 is 0 Å². The molecule has 0 saturated carbocycles. The second kappa shape index (κ2) is 6.90. The zero-order valence-corrected chi connectivity index (χ0v) is 11.9. The van der Waals surface area contributed by atoms with E-state index in [9.17, 15) is 0 Å². The molecular formula is C14H21NO2S. The number of hydrogen-bond donors (Lipinski definition) is 1. The topological polar surface area (TPSA) is 30.5 Å². The third-order valence-electron chi connectivity index (χ3n) is 3.07. The summed E-state index contributed by atoms with van der Waals surface area (Å²) in [7, 11) is 3.66. The molecule has 4 heteroatoms. The minimum absolute atomic E-state index is 0.337. The molecule has 1 saturated heterocycles. The standard InChI is InChI=1S/C14H21NO2S/c1-15-7-5-11-3-4-13(16-2)14(9-11)17-12-6-8-18-10-12/h3-4,9,12,15H,5-8,10H2,1-2H3. The summed E-state index contributed by atoms with van der Waals surface area (Å²) >= 11 is 1.96. The van der Waals surface area contributed by atoms with Crippen molar-refractivity contribution in [2.24, 2.45) is 0 Å². The first-order valence-electron chi connectivity index (χ1n) is 6.39. The van der Waals surface area contributed by atoms with Gasteiger partial charge in [0.2, 0.25) is 0 Å². The molecule has 1 aromatic carbocycles. The number of methoxy groups -OCH3 is 1. The average Bonchev–Trinajstić information content (AvgIpc) is 2.89. The summed E-state index contributed by atoms with van der Waals surface area (Å²) < 4.78 is 11.4. The Kier molecular flexibility index (Phi) is 5.20. The lowest BCUT2D eigenvalue weighted by molar-refractivity contribution is 0.218. The lowest BCUT2D eigenvalue weighted by Gasteiger charge is -2.16. The maximum absolute atomic E-state index is 6.05. The van der Waals surface area contributed by atoms with Gasteiger partial charge >= 0.3 is 0 Å². The molecule has 1 aliphatic heterocycles. The highest BCUT2D eigenvalue weighted by atomic mass is 32.2. The molecule has 1 aromatic rings. The Hall–Kier alpha value is -0.870. The van der Waals surface area contributed by atoms with E-state index < -0.39 is 0 Å². The van der Waals surface area contributed by atoms with Gasteiger partial charge in [0.05, 0.1) is 7.11 Å². The van der Waals surface area contributed by atoms with Gasteiger partial charge in [-0.1, -0.05) is 6.07 Å². The van der Waals surface area contributed by atoms with Crippen LogP contribution >= 0.6 is 11.8 Å². The Morgan fingerprint density at radius 3 is 2.94 bits per heavy atom. The van der Waals surface area contributed by atoms with E-state index in [1.807, 2.05) is 24.9 Å². The molecule has 1 N–H and O–H groups in total. The third kappa shape index (κ3) is 3.56. The van der Waals surface area contributed by atoms with Gasteiger partial charge < -0.3 is 14.8 Å². The highest BCUT2D eigenvalue weighted by molar-refractivity contribution is 7.99. The van der Waals surface area contributed by atoms with Crippen LogP contribution in [0.2, 0.25) is 0 Å². The van der Waals surface area contributed by atoms with Crippen molar-refractivity contribution in [2.45, 2.75) is 18.9 Å². The lowest BCUT2D eigenvalue weighted by atomic mass is 10.1. The molecule has 2 rings (SSSR count). The SMILES string of the molecule is CNCCc1ccc(OC)c(OC2CCSC2)c1. The van der Waals surface area contributed by atoms with Crippen molar-refractivity contribution < 1.29 is 9.47 Å². The van der Waals surface area contributed by atoms with Crippen LogP contribution in [0.4, 0.5) is 0 Å². The summed E-state index contributed by atoms with van der Waals surface area (Å²) in [5, 5.41) is 3.16. The van der Waals surface area contributed by atoms with Crippen molar-refractivity contribution in [3.8, 4) is 11.5 Å². The van der Waals surface area contributed by atoms with Crippen molar-refractivity contribution in [2.75, 3.05) is 32.2 Å². The van der Waals surface area contributed by atoms with Gasteiger partial charge in [-0.05, 0) is 49.9 Å². The Bertz CT molecular complexity index is 378. The largest absolute Gasteiger partial charge is 0.493 e. The molecule has 100 valence electrons. The maximum atomic E-state index is 6.05. The summed E-state index contributed by atoms with van der Waals surface area (Å²) in [5.41, 5.74) is 1.28. The quantitative estimate of drug-likeness (QED) is 0.857. The van der Waals surface area contributed by atoms with Gasteiger partial charge in [0.15, 0.2) is 11.5 Å². The molecule has 0 amide bonds. The van der Waals surface area contributed by atoms with Gasteiger partial charge in [-0.15, -0.1) is 0 Å². The minimum Gasteiger partial charge on any atom is -0.493 e. The first kappa shape index (κ1) is 13.6. The van der Waals surface area contributed by atoms with Gasteiger partial charge in [-0.25, -0.2) is 0 Å². The maximum Gasteiger partial charge on any atom is 0.161 e. The van der Waals surface area contributed by atoms with Crippen LogP contribution in [-0.2, 0) is 6.42 Å². The molecule has 1 fully saturated rings. The monoisotopic (exact) mass is 267 g/mol. The van der Waals surface area contributed by atoms with Crippen molar-refractivity contribution in [3.63, 3.8) is 0 Å². The fourth-order valence-electron chi connectivity index (χ4n) is 2.02. The van der Waals surface area contributed by atoms with E-state index in [1.165, 1.54) is 11.3 Å². The predicted molar refractivity (Wildman–Crippen MR) is 77.0 cm³/mol. The Morgan fingerprint density at radius 1 is 1.39 bits per heavy atom. The van der Waals surface area contributed by atoms with Crippen LogP contribution in [0.25, 0.3) is 0 Å². The van der Waals surface area contributed by atoms with Gasteiger partial charge in [0, 0.05) is 5.75 Å². The van der Waals surface area contributed by atoms with E-state index in [1.54, 1.807) is 7.11 Å². The van der Waals surface area contributed by atoms with Crippen LogP contribution in [0.5, 0.6) is 11.5 Å². The van der Waals surface area contributed by atoms with E-state index in [0.29, 0.717) is 6.10 Å². The normalized spacial score (nSPS) is 18.9. The molecule has 0 aliphatic carbocycles. The summed E-state index contributed by atoms with van der Waals surface area (Å²) in [6.07, 6.45) is 2.48. The Morgan fingerprint density at radius 2 is 2.28 bits per heavy atom. The predicted octanol–water partition coefficient (Wildman–Crippen LogP) is 2.34. The molecule has 0 spiro atoms. The molecule has 1 heterocycles. The molecule has 1 aliphatic rings. The number of rotatable bonds is 6. The molecule has 0 radical (unpaired) electrons. The fourth-order valence-corrected chi connectivity index (χ4v) is 3.12. The second-order valence-electron chi connectivity index (χ2n) is 4.44. The molecule has 1 atom stereocenters. The number of hydrogen-bond acceptors (Lipinski definition) is 4. The van der Waals surface area contributed by atoms with Crippen LogP contribution in [-0.4, -0.2) is 38.3 Å². The highest BCUT2D eigenvalue weighted by Crippen LogP contribution is 2.31. The average molecular weight is 267 g/mol. The van der Waals surface area contributed by atoms with Crippen molar-refractivity contribution >= 4 is 11.8 Å². The van der Waals surface area contributed by atoms with Crippen LogP contribution in [0.15, 0.2) is 18.2 Å². The minimum atomic E-state index is 0.337. The molecule has 0 bridgehead atoms. The van der Waals surface area contributed by atoms with Crippen LogP contribution < -0.4 is 14.8 Å². The van der Waals surface area contributed by atoms with Crippen LogP contribution in [0.3, 0.4) is 0 Å². The first-order valence-corrected chi connectivity index (χ1v) is 7.55. The number of nitrogens with one attached hydrogen (secondary N) is 1. The van der Waals surface area contributed by atoms with Crippen LogP contribution in [0.1, 0.15) is 12.0 Å². The summed E-state index contributed by atoms with van der Waals surface area (Å²) in [6.45, 7) is 0.977. The number of ether oxygens (including phenoxy) is 2. The number of benzene rings is 1. The zero-order chi connectivity index (χ0) is 12.8. The number of likely N-dealkylation sites (N-methyl/N-ethyl adjacent to an activating group) is 1. The van der Waals surface area contributed by atoms with Crippen molar-refractivity contribution in [1.82, 2.24) is 5.32 Å². The highest BCUT2D eigenvalue weighted by Gasteiger charge is 2.18. The molecule has 3 nitrogen and oxygen atoms in total. The molecule has 1 unspecified atom stereocenters. The lowest BCUT2D eigenvalue weighted by Crippen LogP contribution is -2.16. The van der Waals surface area contributed by atoms with E-state index in [0.717, 1.165) is 36.6 Å². The summed E-state index contributed by atoms with van der Waals surface area (Å²) in [4.78, 5) is 0. The molecule has 18 heavy (non-hydrogen) atoms. The van der Waals surface area contributed by atoms with E-state index in [4.69, 9.17) is 9.47 Å². The third-order valence-corrected chi connectivity index (χ3v) is 4.21. The first-order chi connectivity index (χ1) is 8.83. The smallest absolute Gasteiger partial charge is 0.161 e. The molecule has 0 aromatic heterocycles. The van der Waals surface area contributed by atoms with Gasteiger partial charge in [0.25, 0.3) is 0 Å². The summed E-state index contributed by atoms with van der Waals surface area (Å²) in [6, 6.07) is 6.22. The molecular weight excluding hydrogens is 246 g/mol. The van der Waals surface area contributed by atoms with Gasteiger partial charge in [0.1, 0.15) is 6.10 Å². The van der Waals surface area contributed by atoms with E-state index in [2.05, 4.69) is 17.4 Å². The Labute approximate surface area is 113 Å². The van der Waals surface area contributed by atoms with Gasteiger partial charge in [-0.2, -0.15) is 11.8 Å². The summed E-state index contributed by atoms with van der Waals surface area (Å²) in [5.74, 6) is 4.01. The van der Waals surface area contributed by atoms with Crippen molar-refractivity contribution in [1.29, 1.82) is 0 Å². The number of thioether (sulfide) groups is 1. The Balaban J connectivity index is 2.08. The van der Waals surface area contributed by atoms with Crippen molar-refractivity contribution in [3.05, 3.63) is 23.8 Å². The van der Waals surface area contributed by atoms with E-state index in [-0.39, 0.29) is 0 Å². The van der Waals surface area contributed by atoms with Crippen LogP contribution in [0, 0.1) is 0 Å². The fraction of sp³-hybridized carbons (Fsp3) is 0.571. The zero-order valence-electron chi connectivity index (χ0n) is 11.1.